The van der Waals surface area contributed by atoms with E-state index >= 15 is 0 Å². The van der Waals surface area contributed by atoms with Crippen molar-refractivity contribution in [1.29, 1.82) is 0 Å². The highest BCUT2D eigenvalue weighted by Crippen LogP contribution is 2.09. The van der Waals surface area contributed by atoms with Gasteiger partial charge in [0.05, 0.1) is 5.56 Å². The third kappa shape index (κ3) is 1.76. The van der Waals surface area contributed by atoms with Gasteiger partial charge in [0.2, 0.25) is 0 Å². The fourth-order valence-corrected chi connectivity index (χ4v) is 2.13. The number of hydrogen-bond donors (Lipinski definition) is 0. The summed E-state index contributed by atoms with van der Waals surface area (Å²) >= 11 is 0. The lowest BCUT2D eigenvalue weighted by Gasteiger charge is -2.04. The molecule has 4 nitrogen and oxygen atoms in total. The number of imidazole rings is 1. The van der Waals surface area contributed by atoms with Crippen molar-refractivity contribution in [1.82, 2.24) is 14.4 Å². The Morgan fingerprint density at radius 3 is 2.94 bits per heavy atom. The van der Waals surface area contributed by atoms with E-state index in [1.807, 2.05) is 42.0 Å². The Morgan fingerprint density at radius 2 is 2.11 bits per heavy atom. The Kier molecular flexibility index (Phi) is 2.55. The van der Waals surface area contributed by atoms with E-state index in [0.717, 1.165) is 23.6 Å². The average Bonchev–Trinajstić information content (AvgIpc) is 2.85. The predicted molar refractivity (Wildman–Crippen MR) is 68.2 cm³/mol. The van der Waals surface area contributed by atoms with Crippen LogP contribution in [0.15, 0.2) is 43.0 Å². The van der Waals surface area contributed by atoms with Crippen LogP contribution in [0.3, 0.4) is 0 Å². The minimum Gasteiger partial charge on any atom is -0.288 e. The summed E-state index contributed by atoms with van der Waals surface area (Å²) in [5, 5.41) is 0. The van der Waals surface area contributed by atoms with Gasteiger partial charge >= 0.3 is 0 Å². The fourth-order valence-electron chi connectivity index (χ4n) is 2.13. The quantitative estimate of drug-likeness (QED) is 0.638. The topological polar surface area (TPSA) is 34.1 Å². The first-order valence-corrected chi connectivity index (χ1v) is 5.98. The van der Waals surface area contributed by atoms with Crippen molar-refractivity contribution >= 4 is 5.65 Å². The molecule has 0 aliphatic carbocycles. The maximum atomic E-state index is 4.41. The molecule has 0 aliphatic heterocycles. The summed E-state index contributed by atoms with van der Waals surface area (Å²) in [6.45, 7) is 4.88. The van der Waals surface area contributed by atoms with Gasteiger partial charge in [0.15, 0.2) is 18.4 Å². The first-order valence-electron chi connectivity index (χ1n) is 5.98. The second-order valence-electron chi connectivity index (χ2n) is 4.42. The molecule has 3 heterocycles. The van der Waals surface area contributed by atoms with Crippen molar-refractivity contribution in [2.75, 3.05) is 0 Å². The lowest BCUT2D eigenvalue weighted by molar-refractivity contribution is -0.694. The van der Waals surface area contributed by atoms with E-state index in [9.17, 15) is 0 Å². The largest absolute Gasteiger partial charge is 0.288 e. The zero-order valence-corrected chi connectivity index (χ0v) is 10.5. The predicted octanol–water partition coefficient (Wildman–Crippen LogP) is 1.68. The van der Waals surface area contributed by atoms with Crippen LogP contribution in [0.5, 0.6) is 0 Å². The highest BCUT2D eigenvalue weighted by molar-refractivity contribution is 5.46. The van der Waals surface area contributed by atoms with Crippen molar-refractivity contribution in [3.8, 4) is 0 Å². The van der Waals surface area contributed by atoms with Crippen LogP contribution in [0.4, 0.5) is 0 Å². The maximum absolute atomic E-state index is 4.41. The van der Waals surface area contributed by atoms with Gasteiger partial charge in [-0.25, -0.2) is 9.97 Å². The third-order valence-electron chi connectivity index (χ3n) is 3.19. The number of rotatable bonds is 2. The number of aryl methyl sites for hydroxylation is 2. The molecule has 3 aromatic heterocycles. The van der Waals surface area contributed by atoms with E-state index in [0.29, 0.717) is 0 Å². The molecule has 0 spiro atoms. The lowest BCUT2D eigenvalue weighted by atomic mass is 10.3. The highest BCUT2D eigenvalue weighted by Gasteiger charge is 2.11. The molecule has 3 rings (SSSR count). The van der Waals surface area contributed by atoms with Crippen LogP contribution in [0.1, 0.15) is 17.1 Å². The number of fused-ring (bicyclic) bond motifs is 1. The molecule has 3 aromatic rings. The van der Waals surface area contributed by atoms with Crippen molar-refractivity contribution in [3.05, 3.63) is 60.1 Å². The molecule has 18 heavy (non-hydrogen) atoms. The number of nitrogens with zero attached hydrogens (tertiary/aromatic N) is 4. The van der Waals surface area contributed by atoms with Gasteiger partial charge in [-0.05, 0) is 6.92 Å². The molecule has 0 atom stereocenters. The molecule has 0 bridgehead atoms. The maximum Gasteiger partial charge on any atom is 0.179 e. The van der Waals surface area contributed by atoms with Gasteiger partial charge in [-0.2, -0.15) is 4.57 Å². The van der Waals surface area contributed by atoms with E-state index in [-0.39, 0.29) is 0 Å². The van der Waals surface area contributed by atoms with E-state index in [1.54, 1.807) is 0 Å². The standard InChI is InChI=1S/C14H15N4/c1-11-5-3-4-7-17(11)10-13-9-16-12(2)18-8-6-15-14(13)18/h3-9H,10H2,1-2H3/q+1. The summed E-state index contributed by atoms with van der Waals surface area (Å²) < 4.78 is 4.22. The molecular weight excluding hydrogens is 224 g/mol. The van der Waals surface area contributed by atoms with Crippen molar-refractivity contribution in [2.24, 2.45) is 0 Å². The summed E-state index contributed by atoms with van der Waals surface area (Å²) in [6.07, 6.45) is 7.76. The molecule has 90 valence electrons. The molecule has 0 saturated heterocycles. The van der Waals surface area contributed by atoms with Gasteiger partial charge < -0.3 is 0 Å². The minimum absolute atomic E-state index is 0.792. The van der Waals surface area contributed by atoms with Gasteiger partial charge in [-0.1, -0.05) is 6.07 Å². The van der Waals surface area contributed by atoms with Gasteiger partial charge in [0.25, 0.3) is 0 Å². The van der Waals surface area contributed by atoms with Crippen molar-refractivity contribution in [2.45, 2.75) is 20.4 Å². The summed E-state index contributed by atoms with van der Waals surface area (Å²) in [4.78, 5) is 8.83. The number of aromatic nitrogens is 4. The van der Waals surface area contributed by atoms with Crippen LogP contribution in [-0.2, 0) is 6.54 Å². The fraction of sp³-hybridized carbons (Fsp3) is 0.214. The molecule has 0 radical (unpaired) electrons. The number of hydrogen-bond acceptors (Lipinski definition) is 2. The molecule has 4 heteroatoms. The molecule has 0 saturated carbocycles. The van der Waals surface area contributed by atoms with E-state index in [2.05, 4.69) is 33.7 Å². The van der Waals surface area contributed by atoms with Crippen LogP contribution >= 0.6 is 0 Å². The van der Waals surface area contributed by atoms with Gasteiger partial charge in [0, 0.05) is 37.6 Å². The van der Waals surface area contributed by atoms with Gasteiger partial charge in [-0.15, -0.1) is 0 Å². The van der Waals surface area contributed by atoms with Crippen LogP contribution in [0.25, 0.3) is 5.65 Å². The minimum atomic E-state index is 0.792. The van der Waals surface area contributed by atoms with Crippen LogP contribution in [0.2, 0.25) is 0 Å². The van der Waals surface area contributed by atoms with E-state index in [1.165, 1.54) is 5.69 Å². The van der Waals surface area contributed by atoms with Gasteiger partial charge in [-0.3, -0.25) is 4.40 Å². The molecule has 0 aromatic carbocycles. The zero-order chi connectivity index (χ0) is 12.5. The van der Waals surface area contributed by atoms with Crippen molar-refractivity contribution in [3.63, 3.8) is 0 Å². The van der Waals surface area contributed by atoms with Crippen LogP contribution in [-0.4, -0.2) is 14.4 Å². The monoisotopic (exact) mass is 239 g/mol. The van der Waals surface area contributed by atoms with Crippen LogP contribution in [0, 0.1) is 13.8 Å². The first-order chi connectivity index (χ1) is 8.75. The Labute approximate surface area is 106 Å². The SMILES string of the molecule is Cc1ncc(C[n+]2ccccc2C)c2nccn12. The second-order valence-corrected chi connectivity index (χ2v) is 4.42. The molecule has 0 amide bonds. The summed E-state index contributed by atoms with van der Waals surface area (Å²) in [7, 11) is 0. The lowest BCUT2D eigenvalue weighted by Crippen LogP contribution is -2.37. The van der Waals surface area contributed by atoms with Crippen molar-refractivity contribution < 1.29 is 4.57 Å². The Balaban J connectivity index is 2.08. The van der Waals surface area contributed by atoms with Crippen LogP contribution < -0.4 is 4.57 Å². The van der Waals surface area contributed by atoms with E-state index in [4.69, 9.17) is 0 Å². The third-order valence-corrected chi connectivity index (χ3v) is 3.19. The second kappa shape index (κ2) is 4.22. The summed E-state index contributed by atoms with van der Waals surface area (Å²) in [6, 6.07) is 6.19. The molecule has 0 unspecified atom stereocenters. The van der Waals surface area contributed by atoms with Gasteiger partial charge in [0.1, 0.15) is 11.5 Å². The average molecular weight is 239 g/mol. The molecule has 0 N–H and O–H groups in total. The molecular formula is C14H15N4+. The Bertz CT molecular complexity index is 700. The Morgan fingerprint density at radius 1 is 1.22 bits per heavy atom. The normalized spacial score (nSPS) is 11.0. The number of pyridine rings is 1. The van der Waals surface area contributed by atoms with E-state index < -0.39 is 0 Å². The Hall–Kier alpha value is -2.23. The highest BCUT2D eigenvalue weighted by atomic mass is 15.1. The summed E-state index contributed by atoms with van der Waals surface area (Å²) in [5.74, 6) is 0.959. The first kappa shape index (κ1) is 10.9. The summed E-state index contributed by atoms with van der Waals surface area (Å²) in [5.41, 5.74) is 3.34. The smallest absolute Gasteiger partial charge is 0.179 e. The molecule has 0 fully saturated rings. The molecule has 0 aliphatic rings. The zero-order valence-electron chi connectivity index (χ0n) is 10.5.